The largest absolute Gasteiger partial charge is 0.396 e. The molecule has 0 amide bonds. The molecule has 0 unspecified atom stereocenters. The lowest BCUT2D eigenvalue weighted by Crippen LogP contribution is -2.23. The Morgan fingerprint density at radius 2 is 1.86 bits per heavy atom. The summed E-state index contributed by atoms with van der Waals surface area (Å²) in [5.74, 6) is -1.30. The van der Waals surface area contributed by atoms with Gasteiger partial charge in [-0.3, -0.25) is 0 Å². The van der Waals surface area contributed by atoms with E-state index < -0.39 is 21.7 Å². The Bertz CT molecular complexity index is 782. The van der Waals surface area contributed by atoms with Crippen molar-refractivity contribution < 1.29 is 17.2 Å². The van der Waals surface area contributed by atoms with Crippen LogP contribution in [0.4, 0.5) is 14.5 Å². The van der Waals surface area contributed by atoms with Crippen LogP contribution in [0, 0.1) is 11.6 Å². The average molecular weight is 377 g/mol. The molecule has 2 rings (SSSR count). The van der Waals surface area contributed by atoms with Gasteiger partial charge < -0.3 is 5.73 Å². The first-order valence-corrected chi connectivity index (χ1v) is 8.06. The lowest BCUT2D eigenvalue weighted by molar-refractivity contribution is 0.577. The second kappa shape index (κ2) is 6.08. The van der Waals surface area contributed by atoms with Gasteiger partial charge in [0.15, 0.2) is 0 Å². The lowest BCUT2D eigenvalue weighted by Gasteiger charge is -2.09. The van der Waals surface area contributed by atoms with Gasteiger partial charge in [0.25, 0.3) is 0 Å². The molecule has 3 N–H and O–H groups in total. The van der Waals surface area contributed by atoms with Crippen molar-refractivity contribution in [3.8, 4) is 0 Å². The molecule has 0 aliphatic rings. The number of nitrogen functional groups attached to an aromatic ring is 1. The van der Waals surface area contributed by atoms with E-state index in [9.17, 15) is 17.2 Å². The fourth-order valence-corrected chi connectivity index (χ4v) is 3.01. The minimum atomic E-state index is -3.92. The molecule has 0 spiro atoms. The number of rotatable bonds is 4. The van der Waals surface area contributed by atoms with Gasteiger partial charge in [0, 0.05) is 11.0 Å². The lowest BCUT2D eigenvalue weighted by atomic mass is 10.2. The van der Waals surface area contributed by atoms with Crippen LogP contribution in [0.5, 0.6) is 0 Å². The van der Waals surface area contributed by atoms with Crippen molar-refractivity contribution in [2.45, 2.75) is 11.4 Å². The molecule has 8 heteroatoms. The van der Waals surface area contributed by atoms with E-state index in [0.717, 1.165) is 6.07 Å². The Morgan fingerprint density at radius 3 is 2.52 bits per heavy atom. The highest BCUT2D eigenvalue weighted by atomic mass is 79.9. The van der Waals surface area contributed by atoms with Crippen molar-refractivity contribution in [3.05, 3.63) is 58.1 Å². The molecule has 0 saturated heterocycles. The number of hydrogen-bond donors (Lipinski definition) is 2. The third-order valence-electron chi connectivity index (χ3n) is 2.74. The van der Waals surface area contributed by atoms with Crippen molar-refractivity contribution >= 4 is 31.6 Å². The maximum absolute atomic E-state index is 13.3. The van der Waals surface area contributed by atoms with E-state index in [1.807, 2.05) is 0 Å². The molecule has 0 aliphatic carbocycles. The Kier molecular flexibility index (Phi) is 4.60. The van der Waals surface area contributed by atoms with Crippen molar-refractivity contribution in [3.63, 3.8) is 0 Å². The van der Waals surface area contributed by atoms with Gasteiger partial charge in [-0.25, -0.2) is 21.9 Å². The fourth-order valence-electron chi connectivity index (χ4n) is 1.61. The Morgan fingerprint density at radius 1 is 1.14 bits per heavy atom. The van der Waals surface area contributed by atoms with Crippen LogP contribution in [0.2, 0.25) is 0 Å². The van der Waals surface area contributed by atoms with E-state index in [1.165, 1.54) is 30.3 Å². The predicted octanol–water partition coefficient (Wildman–Crippen LogP) is 2.79. The second-order valence-electron chi connectivity index (χ2n) is 4.24. The molecule has 0 bridgehead atoms. The number of hydrogen-bond acceptors (Lipinski definition) is 3. The van der Waals surface area contributed by atoms with Crippen LogP contribution in [0.1, 0.15) is 5.56 Å². The molecule has 0 radical (unpaired) electrons. The zero-order valence-electron chi connectivity index (χ0n) is 10.6. The summed E-state index contributed by atoms with van der Waals surface area (Å²) in [7, 11) is -3.92. The first kappa shape index (κ1) is 15.9. The predicted molar refractivity (Wildman–Crippen MR) is 78.9 cm³/mol. The maximum Gasteiger partial charge on any atom is 0.240 e. The molecule has 112 valence electrons. The highest BCUT2D eigenvalue weighted by molar-refractivity contribution is 9.10. The van der Waals surface area contributed by atoms with E-state index in [0.29, 0.717) is 10.0 Å². The second-order valence-corrected chi connectivity index (χ2v) is 6.86. The maximum atomic E-state index is 13.3. The standard InChI is InChI=1S/C13H11BrF2N2O2S/c14-11-3-1-9(15)5-8(11)7-18-21(19,20)10-2-4-13(17)12(16)6-10/h1-6,18H,7,17H2. The highest BCUT2D eigenvalue weighted by Gasteiger charge is 2.16. The van der Waals surface area contributed by atoms with Gasteiger partial charge in [0.05, 0.1) is 10.6 Å². The summed E-state index contributed by atoms with van der Waals surface area (Å²) in [4.78, 5) is -0.248. The van der Waals surface area contributed by atoms with E-state index in [4.69, 9.17) is 5.73 Å². The SMILES string of the molecule is Nc1ccc(S(=O)(=O)NCc2cc(F)ccc2Br)cc1F. The van der Waals surface area contributed by atoms with Crippen molar-refractivity contribution in [2.24, 2.45) is 0 Å². The molecule has 0 saturated carbocycles. The fraction of sp³-hybridized carbons (Fsp3) is 0.0769. The molecule has 0 heterocycles. The molecule has 0 aliphatic heterocycles. The van der Waals surface area contributed by atoms with Gasteiger partial charge in [0.2, 0.25) is 10.0 Å². The van der Waals surface area contributed by atoms with Crippen LogP contribution in [0.3, 0.4) is 0 Å². The van der Waals surface area contributed by atoms with Crippen LogP contribution in [-0.2, 0) is 16.6 Å². The first-order chi connectivity index (χ1) is 9.79. The van der Waals surface area contributed by atoms with Crippen molar-refractivity contribution in [2.75, 3.05) is 5.73 Å². The summed E-state index contributed by atoms with van der Waals surface area (Å²) < 4.78 is 53.4. The Labute approximate surface area is 129 Å². The third-order valence-corrected chi connectivity index (χ3v) is 4.92. The van der Waals surface area contributed by atoms with Crippen molar-refractivity contribution in [1.82, 2.24) is 4.72 Å². The molecule has 0 fully saturated rings. The molecule has 0 atom stereocenters. The number of sulfonamides is 1. The number of halogens is 3. The van der Waals surface area contributed by atoms with Gasteiger partial charge in [-0.1, -0.05) is 15.9 Å². The van der Waals surface area contributed by atoms with Gasteiger partial charge in [-0.05, 0) is 42.0 Å². The monoisotopic (exact) mass is 376 g/mol. The van der Waals surface area contributed by atoms with Crippen LogP contribution in [0.15, 0.2) is 45.8 Å². The molecule has 4 nitrogen and oxygen atoms in total. The van der Waals surface area contributed by atoms with Crippen molar-refractivity contribution in [1.29, 1.82) is 0 Å². The zero-order valence-corrected chi connectivity index (χ0v) is 13.0. The van der Waals surface area contributed by atoms with Crippen LogP contribution < -0.4 is 10.5 Å². The molecule has 0 aromatic heterocycles. The smallest absolute Gasteiger partial charge is 0.240 e. The topological polar surface area (TPSA) is 72.2 Å². The molecule has 21 heavy (non-hydrogen) atoms. The third kappa shape index (κ3) is 3.78. The van der Waals surface area contributed by atoms with E-state index in [-0.39, 0.29) is 17.1 Å². The van der Waals surface area contributed by atoms with Gasteiger partial charge >= 0.3 is 0 Å². The minimum absolute atomic E-state index is 0.132. The normalized spacial score (nSPS) is 11.6. The number of benzene rings is 2. The molecular weight excluding hydrogens is 366 g/mol. The molecular formula is C13H11BrF2N2O2S. The summed E-state index contributed by atoms with van der Waals surface area (Å²) >= 11 is 3.20. The van der Waals surface area contributed by atoms with E-state index >= 15 is 0 Å². The van der Waals surface area contributed by atoms with Gasteiger partial charge in [-0.2, -0.15) is 0 Å². The minimum Gasteiger partial charge on any atom is -0.396 e. The van der Waals surface area contributed by atoms with Crippen LogP contribution >= 0.6 is 15.9 Å². The van der Waals surface area contributed by atoms with E-state index in [2.05, 4.69) is 20.7 Å². The number of anilines is 1. The number of nitrogens with two attached hydrogens (primary N) is 1. The van der Waals surface area contributed by atoms with Gasteiger partial charge in [0.1, 0.15) is 11.6 Å². The summed E-state index contributed by atoms with van der Waals surface area (Å²) in [6, 6.07) is 7.12. The summed E-state index contributed by atoms with van der Waals surface area (Å²) in [5, 5.41) is 0. The average Bonchev–Trinajstić information content (AvgIpc) is 2.43. The number of nitrogens with one attached hydrogen (secondary N) is 1. The molecule has 2 aromatic rings. The Balaban J connectivity index is 2.21. The first-order valence-electron chi connectivity index (χ1n) is 5.78. The highest BCUT2D eigenvalue weighted by Crippen LogP contribution is 2.20. The summed E-state index contributed by atoms with van der Waals surface area (Å²) in [5.41, 5.74) is 5.58. The molecule has 2 aromatic carbocycles. The van der Waals surface area contributed by atoms with Gasteiger partial charge in [-0.15, -0.1) is 0 Å². The summed E-state index contributed by atoms with van der Waals surface area (Å²) in [6.45, 7) is -0.132. The quantitative estimate of drug-likeness (QED) is 0.805. The summed E-state index contributed by atoms with van der Waals surface area (Å²) in [6.07, 6.45) is 0. The van der Waals surface area contributed by atoms with Crippen LogP contribution in [0.25, 0.3) is 0 Å². The Hall–Kier alpha value is -1.51. The van der Waals surface area contributed by atoms with E-state index in [1.54, 1.807) is 0 Å². The van der Waals surface area contributed by atoms with Crippen LogP contribution in [-0.4, -0.2) is 8.42 Å². The zero-order chi connectivity index (χ0) is 15.6.